The van der Waals surface area contributed by atoms with Crippen molar-refractivity contribution in [2.24, 2.45) is 0 Å². The third-order valence-electron chi connectivity index (χ3n) is 3.54. The minimum atomic E-state index is 1.05. The predicted molar refractivity (Wildman–Crippen MR) is 86.1 cm³/mol. The van der Waals surface area contributed by atoms with Crippen LogP contribution in [0.15, 0.2) is 85.5 Å². The van der Waals surface area contributed by atoms with Crippen molar-refractivity contribution < 1.29 is 0 Å². The van der Waals surface area contributed by atoms with Crippen molar-refractivity contribution >= 4 is 0 Å². The first-order valence-electron chi connectivity index (χ1n) is 7.11. The van der Waals surface area contributed by atoms with E-state index in [0.29, 0.717) is 0 Å². The minimum absolute atomic E-state index is 1.05. The Morgan fingerprint density at radius 1 is 0.545 bits per heavy atom. The molecule has 22 heavy (non-hydrogen) atoms. The normalized spacial score (nSPS) is 10.7. The summed E-state index contributed by atoms with van der Waals surface area (Å²) in [4.78, 5) is 0. The molecule has 4 nitrogen and oxygen atoms in total. The number of rotatable bonds is 3. The van der Waals surface area contributed by atoms with E-state index in [1.165, 1.54) is 0 Å². The summed E-state index contributed by atoms with van der Waals surface area (Å²) in [5, 5.41) is 8.85. The molecule has 0 N–H and O–H groups in total. The predicted octanol–water partition coefficient (Wildman–Crippen LogP) is 3.73. The second-order valence-electron chi connectivity index (χ2n) is 5.02. The fourth-order valence-electron chi connectivity index (χ4n) is 2.39. The van der Waals surface area contributed by atoms with Gasteiger partial charge in [0.05, 0.1) is 23.8 Å². The maximum atomic E-state index is 4.42. The van der Waals surface area contributed by atoms with E-state index in [0.717, 1.165) is 22.5 Å². The average Bonchev–Trinajstić information content (AvgIpc) is 3.26. The van der Waals surface area contributed by atoms with E-state index >= 15 is 0 Å². The first-order chi connectivity index (χ1) is 10.9. The molecular weight excluding hydrogens is 272 g/mol. The Morgan fingerprint density at radius 3 is 1.36 bits per heavy atom. The lowest BCUT2D eigenvalue weighted by Gasteiger charge is -1.99. The molecule has 0 radical (unpaired) electrons. The van der Waals surface area contributed by atoms with Gasteiger partial charge in [-0.1, -0.05) is 36.4 Å². The van der Waals surface area contributed by atoms with Crippen molar-refractivity contribution in [3.63, 3.8) is 0 Å². The topological polar surface area (TPSA) is 35.6 Å². The maximum absolute atomic E-state index is 4.42. The first-order valence-corrected chi connectivity index (χ1v) is 7.11. The van der Waals surface area contributed by atoms with Gasteiger partial charge in [-0.15, -0.1) is 0 Å². The zero-order chi connectivity index (χ0) is 14.8. The molecule has 0 aliphatic carbocycles. The Hall–Kier alpha value is -3.14. The fourth-order valence-corrected chi connectivity index (χ4v) is 2.39. The lowest BCUT2D eigenvalue weighted by atomic mass is 10.2. The second kappa shape index (κ2) is 5.33. The highest BCUT2D eigenvalue weighted by atomic mass is 15.3. The van der Waals surface area contributed by atoms with Gasteiger partial charge in [0.15, 0.2) is 0 Å². The zero-order valence-corrected chi connectivity index (χ0v) is 11.9. The van der Waals surface area contributed by atoms with Crippen LogP contribution in [0.5, 0.6) is 0 Å². The van der Waals surface area contributed by atoms with Gasteiger partial charge in [-0.2, -0.15) is 10.2 Å². The summed E-state index contributed by atoms with van der Waals surface area (Å²) < 4.78 is 3.74. The Balaban J connectivity index is 1.66. The van der Waals surface area contributed by atoms with Crippen molar-refractivity contribution in [1.82, 2.24) is 19.6 Å². The van der Waals surface area contributed by atoms with E-state index in [2.05, 4.69) is 10.2 Å². The molecule has 106 valence electrons. The molecule has 0 fully saturated rings. The molecule has 2 heterocycles. The molecule has 0 spiro atoms. The third kappa shape index (κ3) is 2.31. The van der Waals surface area contributed by atoms with E-state index in [-0.39, 0.29) is 0 Å². The largest absolute Gasteiger partial charge is 0.240 e. The number of benzene rings is 2. The van der Waals surface area contributed by atoms with Crippen LogP contribution in [-0.4, -0.2) is 19.6 Å². The Kier molecular flexibility index (Phi) is 3.05. The number of para-hydroxylation sites is 2. The Labute approximate surface area is 128 Å². The number of hydrogen-bond donors (Lipinski definition) is 0. The number of aromatic nitrogens is 4. The zero-order valence-electron chi connectivity index (χ0n) is 11.9. The van der Waals surface area contributed by atoms with Crippen LogP contribution in [0.25, 0.3) is 22.5 Å². The Morgan fingerprint density at radius 2 is 0.955 bits per heavy atom. The molecule has 2 aromatic heterocycles. The highest BCUT2D eigenvalue weighted by molar-refractivity contribution is 5.61. The standard InChI is InChI=1S/C18H14N4/c1-3-7-17(8-4-1)21-13-15(11-19-21)16-12-20-22(14-16)18-9-5-2-6-10-18/h1-14H. The fraction of sp³-hybridized carbons (Fsp3) is 0. The molecule has 0 saturated heterocycles. The van der Waals surface area contributed by atoms with E-state index < -0.39 is 0 Å². The Bertz CT molecular complexity index is 800. The summed E-state index contributed by atoms with van der Waals surface area (Å²) in [6, 6.07) is 20.1. The van der Waals surface area contributed by atoms with Gasteiger partial charge in [0, 0.05) is 23.5 Å². The molecule has 0 atom stereocenters. The van der Waals surface area contributed by atoms with Crippen molar-refractivity contribution in [2.75, 3.05) is 0 Å². The van der Waals surface area contributed by atoms with E-state index in [4.69, 9.17) is 0 Å². The minimum Gasteiger partial charge on any atom is -0.240 e. The third-order valence-corrected chi connectivity index (χ3v) is 3.54. The molecule has 0 amide bonds. The van der Waals surface area contributed by atoms with Gasteiger partial charge in [-0.3, -0.25) is 0 Å². The molecule has 0 saturated carbocycles. The molecule has 4 heteroatoms. The first kappa shape index (κ1) is 12.6. The summed E-state index contributed by atoms with van der Waals surface area (Å²) in [5.41, 5.74) is 4.19. The van der Waals surface area contributed by atoms with Gasteiger partial charge < -0.3 is 0 Å². The average molecular weight is 286 g/mol. The van der Waals surface area contributed by atoms with Crippen molar-refractivity contribution in [3.05, 3.63) is 85.5 Å². The monoisotopic (exact) mass is 286 g/mol. The van der Waals surface area contributed by atoms with Crippen molar-refractivity contribution in [3.8, 4) is 22.5 Å². The second-order valence-corrected chi connectivity index (χ2v) is 5.02. The molecular formula is C18H14N4. The molecule has 0 unspecified atom stereocenters. The van der Waals surface area contributed by atoms with Crippen LogP contribution in [0.2, 0.25) is 0 Å². The molecule has 2 aromatic carbocycles. The summed E-state index contributed by atoms with van der Waals surface area (Å²) in [6.45, 7) is 0. The lowest BCUT2D eigenvalue weighted by molar-refractivity contribution is 0.880. The van der Waals surface area contributed by atoms with Gasteiger partial charge in [-0.05, 0) is 24.3 Å². The van der Waals surface area contributed by atoms with Crippen LogP contribution < -0.4 is 0 Å². The summed E-state index contributed by atoms with van der Waals surface area (Å²) in [6.07, 6.45) is 7.75. The van der Waals surface area contributed by atoms with E-state index in [9.17, 15) is 0 Å². The van der Waals surface area contributed by atoms with E-state index in [1.807, 2.05) is 94.8 Å². The molecule has 0 aliphatic heterocycles. The van der Waals surface area contributed by atoms with Gasteiger partial charge >= 0.3 is 0 Å². The van der Waals surface area contributed by atoms with Crippen LogP contribution >= 0.6 is 0 Å². The summed E-state index contributed by atoms with van der Waals surface area (Å²) in [7, 11) is 0. The van der Waals surface area contributed by atoms with Crippen LogP contribution in [-0.2, 0) is 0 Å². The highest BCUT2D eigenvalue weighted by Crippen LogP contribution is 2.20. The van der Waals surface area contributed by atoms with Crippen LogP contribution in [0.4, 0.5) is 0 Å². The SMILES string of the molecule is c1ccc(-n2cc(-c3cnn(-c4ccccc4)c3)cn2)cc1. The number of nitrogens with zero attached hydrogens (tertiary/aromatic N) is 4. The lowest BCUT2D eigenvalue weighted by Crippen LogP contribution is -1.92. The number of hydrogen-bond acceptors (Lipinski definition) is 2. The van der Waals surface area contributed by atoms with E-state index in [1.54, 1.807) is 0 Å². The molecule has 4 aromatic rings. The van der Waals surface area contributed by atoms with Crippen LogP contribution in [0.3, 0.4) is 0 Å². The summed E-state index contributed by atoms with van der Waals surface area (Å²) in [5.74, 6) is 0. The van der Waals surface area contributed by atoms with Gasteiger partial charge in [0.25, 0.3) is 0 Å². The summed E-state index contributed by atoms with van der Waals surface area (Å²) >= 11 is 0. The highest BCUT2D eigenvalue weighted by Gasteiger charge is 2.06. The van der Waals surface area contributed by atoms with Gasteiger partial charge in [0.2, 0.25) is 0 Å². The van der Waals surface area contributed by atoms with Gasteiger partial charge in [-0.25, -0.2) is 9.36 Å². The van der Waals surface area contributed by atoms with Crippen LogP contribution in [0.1, 0.15) is 0 Å². The molecule has 0 aliphatic rings. The van der Waals surface area contributed by atoms with Crippen LogP contribution in [0, 0.1) is 0 Å². The quantitative estimate of drug-likeness (QED) is 0.575. The molecule has 0 bridgehead atoms. The van der Waals surface area contributed by atoms with Crippen molar-refractivity contribution in [2.45, 2.75) is 0 Å². The molecule has 4 rings (SSSR count). The smallest absolute Gasteiger partial charge is 0.0645 e. The maximum Gasteiger partial charge on any atom is 0.0645 e. The van der Waals surface area contributed by atoms with Gasteiger partial charge in [0.1, 0.15) is 0 Å². The van der Waals surface area contributed by atoms with Crippen molar-refractivity contribution in [1.29, 1.82) is 0 Å².